The molecule has 0 amide bonds. The standard InChI is InChI=1S/C10H7FO3/c1-5-7-4-6(11)2-3-8(7)14-9(5)10(12)13/h2-4H,1H3,(H,12,13)/p-1. The van der Waals surface area contributed by atoms with Crippen LogP contribution in [0.15, 0.2) is 22.6 Å². The molecule has 0 fully saturated rings. The lowest BCUT2D eigenvalue weighted by Gasteiger charge is -1.96. The zero-order chi connectivity index (χ0) is 10.3. The van der Waals surface area contributed by atoms with Gasteiger partial charge < -0.3 is 14.3 Å². The van der Waals surface area contributed by atoms with E-state index in [9.17, 15) is 14.3 Å². The first kappa shape index (κ1) is 8.74. The molecular weight excluding hydrogens is 187 g/mol. The van der Waals surface area contributed by atoms with Crippen LogP contribution in [-0.4, -0.2) is 5.97 Å². The van der Waals surface area contributed by atoms with Crippen molar-refractivity contribution in [3.63, 3.8) is 0 Å². The molecule has 0 aliphatic rings. The number of carboxylic acids is 1. The summed E-state index contributed by atoms with van der Waals surface area (Å²) in [7, 11) is 0. The number of halogens is 1. The molecule has 0 saturated carbocycles. The Bertz CT molecular complexity index is 513. The van der Waals surface area contributed by atoms with Crippen LogP contribution in [0.3, 0.4) is 0 Å². The van der Waals surface area contributed by atoms with Crippen molar-refractivity contribution in [3.05, 3.63) is 35.3 Å². The minimum Gasteiger partial charge on any atom is -0.542 e. The third kappa shape index (κ3) is 1.16. The number of aromatic carboxylic acids is 1. The van der Waals surface area contributed by atoms with Crippen LogP contribution in [0.2, 0.25) is 0 Å². The molecule has 0 aliphatic heterocycles. The molecule has 0 aliphatic carbocycles. The lowest BCUT2D eigenvalue weighted by molar-refractivity contribution is -0.257. The largest absolute Gasteiger partial charge is 0.542 e. The lowest BCUT2D eigenvalue weighted by Crippen LogP contribution is -2.22. The first-order chi connectivity index (χ1) is 6.59. The SMILES string of the molecule is Cc1c(C(=O)[O-])oc2ccc(F)cc12. The van der Waals surface area contributed by atoms with E-state index in [0.717, 1.165) is 0 Å². The summed E-state index contributed by atoms with van der Waals surface area (Å²) in [6.45, 7) is 1.55. The number of fused-ring (bicyclic) bond motifs is 1. The molecule has 0 spiro atoms. The van der Waals surface area contributed by atoms with E-state index in [-0.39, 0.29) is 5.76 Å². The number of benzene rings is 1. The number of carbonyl (C=O) groups is 1. The first-order valence-corrected chi connectivity index (χ1v) is 3.99. The van der Waals surface area contributed by atoms with Crippen molar-refractivity contribution in [2.24, 2.45) is 0 Å². The van der Waals surface area contributed by atoms with E-state index in [1.54, 1.807) is 6.92 Å². The fraction of sp³-hybridized carbons (Fsp3) is 0.100. The third-order valence-electron chi connectivity index (χ3n) is 2.08. The van der Waals surface area contributed by atoms with Crippen LogP contribution in [-0.2, 0) is 0 Å². The van der Waals surface area contributed by atoms with Gasteiger partial charge in [-0.3, -0.25) is 0 Å². The minimum atomic E-state index is -1.39. The second-order valence-corrected chi connectivity index (χ2v) is 2.98. The van der Waals surface area contributed by atoms with E-state index < -0.39 is 11.8 Å². The molecule has 0 saturated heterocycles. The molecule has 1 aromatic heterocycles. The second kappa shape index (κ2) is 2.83. The highest BCUT2D eigenvalue weighted by Gasteiger charge is 2.11. The van der Waals surface area contributed by atoms with Gasteiger partial charge in [0.05, 0.1) is 0 Å². The Morgan fingerprint density at radius 2 is 2.21 bits per heavy atom. The summed E-state index contributed by atoms with van der Waals surface area (Å²) in [6.07, 6.45) is 0. The van der Waals surface area contributed by atoms with Gasteiger partial charge >= 0.3 is 0 Å². The summed E-state index contributed by atoms with van der Waals surface area (Å²) in [4.78, 5) is 10.6. The van der Waals surface area contributed by atoms with Crippen molar-refractivity contribution in [1.29, 1.82) is 0 Å². The predicted octanol–water partition coefficient (Wildman–Crippen LogP) is 1.24. The van der Waals surface area contributed by atoms with Gasteiger partial charge in [0.1, 0.15) is 17.4 Å². The molecule has 0 radical (unpaired) electrons. The highest BCUT2D eigenvalue weighted by atomic mass is 19.1. The lowest BCUT2D eigenvalue weighted by atomic mass is 10.1. The smallest absolute Gasteiger partial charge is 0.153 e. The maximum atomic E-state index is 12.8. The van der Waals surface area contributed by atoms with E-state index in [1.165, 1.54) is 18.2 Å². The van der Waals surface area contributed by atoms with Crippen molar-refractivity contribution in [1.82, 2.24) is 0 Å². The first-order valence-electron chi connectivity index (χ1n) is 3.99. The van der Waals surface area contributed by atoms with Gasteiger partial charge in [-0.05, 0) is 25.1 Å². The Balaban J connectivity index is 2.80. The van der Waals surface area contributed by atoms with Crippen LogP contribution in [0.5, 0.6) is 0 Å². The quantitative estimate of drug-likeness (QED) is 0.684. The van der Waals surface area contributed by atoms with Crippen LogP contribution in [0.1, 0.15) is 16.1 Å². The Labute approximate surface area is 78.8 Å². The molecule has 2 aromatic rings. The molecule has 72 valence electrons. The van der Waals surface area contributed by atoms with Crippen LogP contribution in [0.4, 0.5) is 4.39 Å². The van der Waals surface area contributed by atoms with Gasteiger partial charge in [0.15, 0.2) is 5.76 Å². The second-order valence-electron chi connectivity index (χ2n) is 2.98. The summed E-state index contributed by atoms with van der Waals surface area (Å²) in [5.74, 6) is -2.06. The van der Waals surface area contributed by atoms with Crippen molar-refractivity contribution in [2.45, 2.75) is 6.92 Å². The van der Waals surface area contributed by atoms with E-state index >= 15 is 0 Å². The normalized spacial score (nSPS) is 10.7. The Morgan fingerprint density at radius 1 is 1.50 bits per heavy atom. The summed E-state index contributed by atoms with van der Waals surface area (Å²) in [6, 6.07) is 3.84. The number of aryl methyl sites for hydroxylation is 1. The van der Waals surface area contributed by atoms with Crippen molar-refractivity contribution < 1.29 is 18.7 Å². The molecule has 0 bridgehead atoms. The zero-order valence-electron chi connectivity index (χ0n) is 7.33. The number of carbonyl (C=O) groups excluding carboxylic acids is 1. The van der Waals surface area contributed by atoms with Gasteiger partial charge in [-0.15, -0.1) is 0 Å². The molecule has 3 nitrogen and oxygen atoms in total. The predicted molar refractivity (Wildman–Crippen MR) is 45.2 cm³/mol. The van der Waals surface area contributed by atoms with Gasteiger partial charge in [-0.1, -0.05) is 0 Å². The van der Waals surface area contributed by atoms with Crippen LogP contribution in [0.25, 0.3) is 11.0 Å². The van der Waals surface area contributed by atoms with Crippen LogP contribution in [0, 0.1) is 12.7 Å². The molecule has 1 aromatic carbocycles. The molecule has 2 rings (SSSR count). The van der Waals surface area contributed by atoms with E-state index in [4.69, 9.17) is 4.42 Å². The van der Waals surface area contributed by atoms with Crippen molar-refractivity contribution in [3.8, 4) is 0 Å². The molecule has 14 heavy (non-hydrogen) atoms. The summed E-state index contributed by atoms with van der Waals surface area (Å²) in [5.41, 5.74) is 0.739. The van der Waals surface area contributed by atoms with Gasteiger partial charge in [0, 0.05) is 10.9 Å². The van der Waals surface area contributed by atoms with E-state index in [2.05, 4.69) is 0 Å². The summed E-state index contributed by atoms with van der Waals surface area (Å²) < 4.78 is 17.8. The maximum absolute atomic E-state index is 12.8. The number of furan rings is 1. The molecule has 4 heteroatoms. The van der Waals surface area contributed by atoms with Crippen molar-refractivity contribution in [2.75, 3.05) is 0 Å². The van der Waals surface area contributed by atoms with Gasteiger partial charge in [-0.25, -0.2) is 4.39 Å². The van der Waals surface area contributed by atoms with Gasteiger partial charge in [0.2, 0.25) is 0 Å². The topological polar surface area (TPSA) is 53.3 Å². The van der Waals surface area contributed by atoms with E-state index in [0.29, 0.717) is 16.5 Å². The Hall–Kier alpha value is -1.84. The van der Waals surface area contributed by atoms with Crippen LogP contribution < -0.4 is 5.11 Å². The summed E-state index contributed by atoms with van der Waals surface area (Å²) in [5, 5.41) is 11.0. The molecule has 0 N–H and O–H groups in total. The van der Waals surface area contributed by atoms with Gasteiger partial charge in [-0.2, -0.15) is 0 Å². The molecule has 0 unspecified atom stereocenters. The number of hydrogen-bond donors (Lipinski definition) is 0. The average molecular weight is 193 g/mol. The fourth-order valence-electron chi connectivity index (χ4n) is 1.39. The number of rotatable bonds is 1. The zero-order valence-corrected chi connectivity index (χ0v) is 7.33. The molecule has 0 atom stereocenters. The number of hydrogen-bond acceptors (Lipinski definition) is 3. The summed E-state index contributed by atoms with van der Waals surface area (Å²) >= 11 is 0. The van der Waals surface area contributed by atoms with Crippen LogP contribution >= 0.6 is 0 Å². The average Bonchev–Trinajstić information content (AvgIpc) is 2.44. The molecular formula is C10H6FO3-. The fourth-order valence-corrected chi connectivity index (χ4v) is 1.39. The van der Waals surface area contributed by atoms with E-state index in [1.807, 2.05) is 0 Å². The Morgan fingerprint density at radius 3 is 2.86 bits per heavy atom. The number of carboxylic acid groups (broad SMARTS) is 1. The highest BCUT2D eigenvalue weighted by Crippen LogP contribution is 2.25. The third-order valence-corrected chi connectivity index (χ3v) is 2.08. The highest BCUT2D eigenvalue weighted by molar-refractivity contribution is 5.93. The monoisotopic (exact) mass is 193 g/mol. The maximum Gasteiger partial charge on any atom is 0.153 e. The minimum absolute atomic E-state index is 0.245. The van der Waals surface area contributed by atoms with Crippen molar-refractivity contribution >= 4 is 16.9 Å². The Kier molecular flexibility index (Phi) is 1.77. The van der Waals surface area contributed by atoms with Gasteiger partial charge in [0.25, 0.3) is 0 Å². The molecule has 1 heterocycles.